The van der Waals surface area contributed by atoms with Gasteiger partial charge in [-0.25, -0.2) is 8.42 Å². The highest BCUT2D eigenvalue weighted by molar-refractivity contribution is 7.88. The van der Waals surface area contributed by atoms with Gasteiger partial charge < -0.3 is 10.1 Å². The zero-order valence-electron chi connectivity index (χ0n) is 13.4. The molecule has 8 nitrogen and oxygen atoms in total. The Kier molecular flexibility index (Phi) is 4.19. The van der Waals surface area contributed by atoms with Crippen LogP contribution in [0.15, 0.2) is 6.07 Å². The summed E-state index contributed by atoms with van der Waals surface area (Å²) < 4.78 is 32.0. The standard InChI is InChI=1S/C14H22N4O4S/c1-14(4-3-7-22-14)13(19)15-9-11-8-12-10-17(23(2,20)21)5-6-18(12)16-11/h8H,3-7,9-10H2,1-2H3,(H,15,19). The molecule has 2 aliphatic rings. The maximum atomic E-state index is 12.2. The van der Waals surface area contributed by atoms with Crippen molar-refractivity contribution in [3.8, 4) is 0 Å². The molecule has 1 atom stereocenters. The van der Waals surface area contributed by atoms with Gasteiger partial charge in [0.05, 0.1) is 37.3 Å². The average Bonchev–Trinajstić information content (AvgIpc) is 3.09. The minimum Gasteiger partial charge on any atom is -0.365 e. The van der Waals surface area contributed by atoms with Gasteiger partial charge >= 0.3 is 0 Å². The summed E-state index contributed by atoms with van der Waals surface area (Å²) in [6, 6.07) is 1.84. The number of amides is 1. The van der Waals surface area contributed by atoms with Crippen LogP contribution in [0.5, 0.6) is 0 Å². The zero-order valence-corrected chi connectivity index (χ0v) is 14.2. The van der Waals surface area contributed by atoms with Crippen molar-refractivity contribution in [3.63, 3.8) is 0 Å². The summed E-state index contributed by atoms with van der Waals surface area (Å²) in [4.78, 5) is 12.2. The highest BCUT2D eigenvalue weighted by Crippen LogP contribution is 2.25. The van der Waals surface area contributed by atoms with E-state index in [2.05, 4.69) is 10.4 Å². The van der Waals surface area contributed by atoms with E-state index in [4.69, 9.17) is 4.74 Å². The number of nitrogens with zero attached hydrogens (tertiary/aromatic N) is 3. The first-order valence-electron chi connectivity index (χ1n) is 7.71. The van der Waals surface area contributed by atoms with Crippen LogP contribution in [-0.2, 0) is 39.2 Å². The highest BCUT2D eigenvalue weighted by Gasteiger charge is 2.37. The van der Waals surface area contributed by atoms with Gasteiger partial charge in [-0.15, -0.1) is 0 Å². The molecule has 1 unspecified atom stereocenters. The van der Waals surface area contributed by atoms with Gasteiger partial charge in [-0.05, 0) is 25.8 Å². The summed E-state index contributed by atoms with van der Waals surface area (Å²) in [5, 5.41) is 7.29. The predicted octanol–water partition coefficient (Wildman–Crippen LogP) is -0.156. The van der Waals surface area contributed by atoms with Gasteiger partial charge in [0.15, 0.2) is 0 Å². The van der Waals surface area contributed by atoms with Crippen molar-refractivity contribution in [2.45, 2.75) is 45.0 Å². The van der Waals surface area contributed by atoms with Crippen molar-refractivity contribution >= 4 is 15.9 Å². The molecule has 0 aromatic carbocycles. The van der Waals surface area contributed by atoms with Crippen LogP contribution in [0.4, 0.5) is 0 Å². The number of aromatic nitrogens is 2. The van der Waals surface area contributed by atoms with Gasteiger partial charge in [0.2, 0.25) is 10.0 Å². The molecular formula is C14H22N4O4S. The van der Waals surface area contributed by atoms with Crippen LogP contribution >= 0.6 is 0 Å². The largest absolute Gasteiger partial charge is 0.365 e. The normalized spacial score (nSPS) is 25.3. The fourth-order valence-electron chi connectivity index (χ4n) is 2.99. The van der Waals surface area contributed by atoms with E-state index >= 15 is 0 Å². The number of rotatable bonds is 4. The average molecular weight is 342 g/mol. The summed E-state index contributed by atoms with van der Waals surface area (Å²) in [5.41, 5.74) is 0.825. The van der Waals surface area contributed by atoms with Crippen molar-refractivity contribution in [1.82, 2.24) is 19.4 Å². The molecule has 3 heterocycles. The number of sulfonamides is 1. The van der Waals surface area contributed by atoms with E-state index in [9.17, 15) is 13.2 Å². The van der Waals surface area contributed by atoms with Crippen molar-refractivity contribution in [3.05, 3.63) is 17.5 Å². The lowest BCUT2D eigenvalue weighted by molar-refractivity contribution is -0.139. The molecular weight excluding hydrogens is 320 g/mol. The molecule has 3 rings (SSSR count). The topological polar surface area (TPSA) is 93.5 Å². The van der Waals surface area contributed by atoms with E-state index < -0.39 is 15.6 Å². The minimum absolute atomic E-state index is 0.126. The van der Waals surface area contributed by atoms with E-state index in [0.29, 0.717) is 32.8 Å². The smallest absolute Gasteiger partial charge is 0.252 e. The van der Waals surface area contributed by atoms with E-state index in [1.807, 2.05) is 6.07 Å². The van der Waals surface area contributed by atoms with Crippen LogP contribution in [0.3, 0.4) is 0 Å². The number of hydrogen-bond acceptors (Lipinski definition) is 5. The van der Waals surface area contributed by atoms with Crippen LogP contribution in [0.25, 0.3) is 0 Å². The number of ether oxygens (including phenoxy) is 1. The predicted molar refractivity (Wildman–Crippen MR) is 82.9 cm³/mol. The Hall–Kier alpha value is -1.45. The summed E-state index contributed by atoms with van der Waals surface area (Å²) in [5.74, 6) is -0.126. The fourth-order valence-corrected chi connectivity index (χ4v) is 3.77. The van der Waals surface area contributed by atoms with Crippen LogP contribution in [-0.4, -0.2) is 53.4 Å². The highest BCUT2D eigenvalue weighted by atomic mass is 32.2. The third-order valence-corrected chi connectivity index (χ3v) is 5.66. The summed E-state index contributed by atoms with van der Waals surface area (Å²) in [7, 11) is -3.20. The molecule has 128 valence electrons. The second kappa shape index (κ2) is 5.88. The molecule has 0 spiro atoms. The molecule has 0 radical (unpaired) electrons. The molecule has 1 N–H and O–H groups in total. The second-order valence-corrected chi connectivity index (χ2v) is 8.29. The molecule has 1 amide bonds. The van der Waals surface area contributed by atoms with Crippen molar-refractivity contribution < 1.29 is 17.9 Å². The molecule has 1 aromatic heterocycles. The van der Waals surface area contributed by atoms with Gasteiger partial charge in [-0.2, -0.15) is 9.40 Å². The fraction of sp³-hybridized carbons (Fsp3) is 0.714. The minimum atomic E-state index is -3.20. The Bertz CT molecular complexity index is 706. The van der Waals surface area contributed by atoms with E-state index in [-0.39, 0.29) is 5.91 Å². The summed E-state index contributed by atoms with van der Waals surface area (Å²) in [6.07, 6.45) is 2.83. The van der Waals surface area contributed by atoms with Gasteiger partial charge in [0, 0.05) is 13.2 Å². The molecule has 23 heavy (non-hydrogen) atoms. The summed E-state index contributed by atoms with van der Waals surface area (Å²) >= 11 is 0. The first kappa shape index (κ1) is 16.4. The number of nitrogens with one attached hydrogen (secondary N) is 1. The summed E-state index contributed by atoms with van der Waals surface area (Å²) in [6.45, 7) is 4.00. The van der Waals surface area contributed by atoms with Crippen LogP contribution in [0, 0.1) is 0 Å². The quantitative estimate of drug-likeness (QED) is 0.821. The lowest BCUT2D eigenvalue weighted by Crippen LogP contribution is -2.43. The van der Waals surface area contributed by atoms with Crippen LogP contribution in [0.2, 0.25) is 0 Å². The Labute approximate surface area is 135 Å². The number of fused-ring (bicyclic) bond motifs is 1. The Morgan fingerprint density at radius 2 is 2.26 bits per heavy atom. The van der Waals surface area contributed by atoms with Crippen LogP contribution in [0.1, 0.15) is 31.2 Å². The van der Waals surface area contributed by atoms with Gasteiger partial charge in [0.25, 0.3) is 5.91 Å². The Morgan fingerprint density at radius 1 is 1.48 bits per heavy atom. The molecule has 1 saturated heterocycles. The third kappa shape index (κ3) is 3.41. The molecule has 0 bridgehead atoms. The maximum Gasteiger partial charge on any atom is 0.252 e. The van der Waals surface area contributed by atoms with Crippen molar-refractivity contribution in [2.75, 3.05) is 19.4 Å². The lowest BCUT2D eigenvalue weighted by Gasteiger charge is -2.25. The number of carbonyl (C=O) groups excluding carboxylic acids is 1. The number of carbonyl (C=O) groups is 1. The molecule has 9 heteroatoms. The van der Waals surface area contributed by atoms with Gasteiger partial charge in [-0.1, -0.05) is 0 Å². The SMILES string of the molecule is CC1(C(=O)NCc2cc3n(n2)CCN(S(C)(=O)=O)C3)CCCO1. The third-order valence-electron chi connectivity index (χ3n) is 4.41. The lowest BCUT2D eigenvalue weighted by atomic mass is 10.0. The number of hydrogen-bond donors (Lipinski definition) is 1. The Morgan fingerprint density at radius 3 is 2.91 bits per heavy atom. The Balaban J connectivity index is 1.63. The molecule has 1 aromatic rings. The van der Waals surface area contributed by atoms with Crippen molar-refractivity contribution in [2.24, 2.45) is 0 Å². The molecule has 2 aliphatic heterocycles. The molecule has 0 saturated carbocycles. The molecule has 0 aliphatic carbocycles. The molecule has 1 fully saturated rings. The van der Waals surface area contributed by atoms with E-state index in [0.717, 1.165) is 24.2 Å². The second-order valence-electron chi connectivity index (χ2n) is 6.31. The van der Waals surface area contributed by atoms with Crippen LogP contribution < -0.4 is 5.32 Å². The first-order valence-corrected chi connectivity index (χ1v) is 9.56. The van der Waals surface area contributed by atoms with Crippen molar-refractivity contribution in [1.29, 1.82) is 0 Å². The van der Waals surface area contributed by atoms with Gasteiger partial charge in [0.1, 0.15) is 5.60 Å². The maximum absolute atomic E-state index is 12.2. The van der Waals surface area contributed by atoms with Gasteiger partial charge in [-0.3, -0.25) is 9.48 Å². The first-order chi connectivity index (χ1) is 10.8. The zero-order chi connectivity index (χ0) is 16.7. The van der Waals surface area contributed by atoms with E-state index in [1.54, 1.807) is 11.6 Å². The monoisotopic (exact) mass is 342 g/mol. The van der Waals surface area contributed by atoms with E-state index in [1.165, 1.54) is 10.6 Å².